The Morgan fingerprint density at radius 2 is 1.94 bits per heavy atom. The van der Waals surface area contributed by atoms with Gasteiger partial charge in [0.05, 0.1) is 11.3 Å². The van der Waals surface area contributed by atoms with Gasteiger partial charge in [-0.1, -0.05) is 25.5 Å². The molecule has 1 saturated carbocycles. The number of halogens is 1. The summed E-state index contributed by atoms with van der Waals surface area (Å²) < 4.78 is 13.4. The van der Waals surface area contributed by atoms with Gasteiger partial charge in [0.25, 0.3) is 5.91 Å². The van der Waals surface area contributed by atoms with Crippen molar-refractivity contribution in [3.8, 4) is 11.3 Å². The van der Waals surface area contributed by atoms with Crippen LogP contribution >= 0.6 is 0 Å². The fraction of sp³-hybridized carbons (Fsp3) is 0.480. The third kappa shape index (κ3) is 5.33. The number of carbonyl (C=O) groups is 2. The minimum absolute atomic E-state index is 0.00923. The van der Waals surface area contributed by atoms with Gasteiger partial charge in [-0.2, -0.15) is 0 Å². The van der Waals surface area contributed by atoms with Crippen molar-refractivity contribution in [3.05, 3.63) is 54.0 Å². The number of nitrogens with zero attached hydrogens (tertiary/aromatic N) is 3. The number of nitrogens with one attached hydrogen (secondary N) is 1. The Balaban J connectivity index is 1.32. The van der Waals surface area contributed by atoms with E-state index in [0.717, 1.165) is 52.0 Å². The van der Waals surface area contributed by atoms with E-state index in [9.17, 15) is 14.0 Å². The van der Waals surface area contributed by atoms with Crippen LogP contribution in [-0.2, 0) is 4.79 Å². The predicted octanol–water partition coefficient (Wildman–Crippen LogP) is 3.34. The second-order valence-corrected chi connectivity index (χ2v) is 8.74. The summed E-state index contributed by atoms with van der Waals surface area (Å²) in [7, 11) is 0. The number of amides is 2. The van der Waals surface area contributed by atoms with Crippen molar-refractivity contribution < 1.29 is 14.0 Å². The van der Waals surface area contributed by atoms with E-state index in [1.54, 1.807) is 24.3 Å². The van der Waals surface area contributed by atoms with Crippen molar-refractivity contribution in [2.24, 2.45) is 5.92 Å². The molecule has 0 bridgehead atoms. The SMILES string of the molecule is CCN1CCN(C(=O)[C@@H]2CCC[C@H](NC(=O)c3ccc(-c4cccc(F)c4)nc3)C2)CC1. The number of piperazine rings is 1. The second kappa shape index (κ2) is 10.2. The molecule has 6 nitrogen and oxygen atoms in total. The van der Waals surface area contributed by atoms with E-state index >= 15 is 0 Å². The third-order valence-electron chi connectivity index (χ3n) is 6.64. The molecule has 170 valence electrons. The van der Waals surface area contributed by atoms with Crippen LogP contribution in [0.3, 0.4) is 0 Å². The van der Waals surface area contributed by atoms with Gasteiger partial charge < -0.3 is 15.1 Å². The Morgan fingerprint density at radius 1 is 1.12 bits per heavy atom. The first kappa shape index (κ1) is 22.4. The monoisotopic (exact) mass is 438 g/mol. The first-order valence-electron chi connectivity index (χ1n) is 11.6. The van der Waals surface area contributed by atoms with Crippen molar-refractivity contribution in [1.82, 2.24) is 20.1 Å². The second-order valence-electron chi connectivity index (χ2n) is 8.74. The van der Waals surface area contributed by atoms with Crippen molar-refractivity contribution in [3.63, 3.8) is 0 Å². The summed E-state index contributed by atoms with van der Waals surface area (Å²) in [6.45, 7) is 6.64. The topological polar surface area (TPSA) is 65.5 Å². The largest absolute Gasteiger partial charge is 0.349 e. The molecule has 1 aromatic carbocycles. The lowest BCUT2D eigenvalue weighted by molar-refractivity contribution is -0.138. The van der Waals surface area contributed by atoms with E-state index in [4.69, 9.17) is 0 Å². The van der Waals surface area contributed by atoms with Crippen LogP contribution < -0.4 is 5.32 Å². The van der Waals surface area contributed by atoms with Gasteiger partial charge in [0.1, 0.15) is 5.82 Å². The Morgan fingerprint density at radius 3 is 2.62 bits per heavy atom. The lowest BCUT2D eigenvalue weighted by atomic mass is 9.84. The summed E-state index contributed by atoms with van der Waals surface area (Å²) in [5.41, 5.74) is 1.76. The van der Waals surface area contributed by atoms with Gasteiger partial charge in [-0.05, 0) is 50.1 Å². The number of hydrogen-bond donors (Lipinski definition) is 1. The lowest BCUT2D eigenvalue weighted by Gasteiger charge is -2.38. The maximum Gasteiger partial charge on any atom is 0.253 e. The number of aromatic nitrogens is 1. The van der Waals surface area contributed by atoms with E-state index in [1.165, 1.54) is 18.3 Å². The van der Waals surface area contributed by atoms with Crippen molar-refractivity contribution >= 4 is 11.8 Å². The van der Waals surface area contributed by atoms with Gasteiger partial charge in [0, 0.05) is 49.9 Å². The molecule has 0 radical (unpaired) electrons. The Bertz CT molecular complexity index is 941. The molecule has 1 saturated heterocycles. The van der Waals surface area contributed by atoms with Gasteiger partial charge in [0.2, 0.25) is 5.91 Å². The average Bonchev–Trinajstić information content (AvgIpc) is 2.84. The van der Waals surface area contributed by atoms with Crippen molar-refractivity contribution in [2.75, 3.05) is 32.7 Å². The number of pyridine rings is 1. The molecule has 2 aliphatic rings. The van der Waals surface area contributed by atoms with Crippen LogP contribution in [0.4, 0.5) is 4.39 Å². The van der Waals surface area contributed by atoms with Gasteiger partial charge in [-0.25, -0.2) is 4.39 Å². The van der Waals surface area contributed by atoms with Crippen LogP contribution in [-0.4, -0.2) is 65.4 Å². The van der Waals surface area contributed by atoms with Gasteiger partial charge in [-0.15, -0.1) is 0 Å². The molecule has 2 atom stereocenters. The van der Waals surface area contributed by atoms with Crippen LogP contribution in [0, 0.1) is 11.7 Å². The highest BCUT2D eigenvalue weighted by molar-refractivity contribution is 5.94. The molecule has 2 fully saturated rings. The number of benzene rings is 1. The summed E-state index contributed by atoms with van der Waals surface area (Å²) in [4.78, 5) is 34.4. The quantitative estimate of drug-likeness (QED) is 0.778. The minimum atomic E-state index is -0.320. The normalized spacial score (nSPS) is 21.9. The van der Waals surface area contributed by atoms with Gasteiger partial charge in [-0.3, -0.25) is 14.6 Å². The van der Waals surface area contributed by atoms with Crippen LogP contribution in [0.1, 0.15) is 43.0 Å². The Hall–Kier alpha value is -2.80. The zero-order valence-corrected chi connectivity index (χ0v) is 18.6. The molecule has 1 aliphatic heterocycles. The molecule has 4 rings (SSSR count). The van der Waals surface area contributed by atoms with Crippen molar-refractivity contribution in [1.29, 1.82) is 0 Å². The molecular weight excluding hydrogens is 407 g/mol. The summed E-state index contributed by atoms with van der Waals surface area (Å²) in [6, 6.07) is 9.66. The maximum atomic E-state index is 13.4. The standard InChI is InChI=1S/C25H31FN4O2/c1-2-29-11-13-30(14-12-29)25(32)19-6-4-8-22(16-19)28-24(31)20-9-10-23(27-17-20)18-5-3-7-21(26)15-18/h3,5,7,9-10,15,17,19,22H,2,4,6,8,11-14,16H2,1H3,(H,28,31)/t19-,22+/m1/s1. The van der Waals surface area contributed by atoms with Crippen LogP contribution in [0.5, 0.6) is 0 Å². The summed E-state index contributed by atoms with van der Waals surface area (Å²) in [6.07, 6.45) is 4.92. The minimum Gasteiger partial charge on any atom is -0.349 e. The fourth-order valence-corrected chi connectivity index (χ4v) is 4.70. The number of rotatable bonds is 5. The molecule has 0 spiro atoms. The third-order valence-corrected chi connectivity index (χ3v) is 6.64. The molecule has 1 aromatic heterocycles. The molecule has 1 aliphatic carbocycles. The first-order valence-corrected chi connectivity index (χ1v) is 11.6. The number of likely N-dealkylation sites (N-methyl/N-ethyl adjacent to an activating group) is 1. The zero-order chi connectivity index (χ0) is 22.5. The molecule has 7 heteroatoms. The first-order chi connectivity index (χ1) is 15.5. The van der Waals surface area contributed by atoms with E-state index in [-0.39, 0.29) is 29.6 Å². The highest BCUT2D eigenvalue weighted by Crippen LogP contribution is 2.27. The average molecular weight is 439 g/mol. The van der Waals surface area contributed by atoms with Crippen LogP contribution in [0.2, 0.25) is 0 Å². The molecule has 32 heavy (non-hydrogen) atoms. The Kier molecular flexibility index (Phi) is 7.15. The summed E-state index contributed by atoms with van der Waals surface area (Å²) in [5.74, 6) is -0.283. The molecular formula is C25H31FN4O2. The number of hydrogen-bond acceptors (Lipinski definition) is 4. The fourth-order valence-electron chi connectivity index (χ4n) is 4.70. The molecule has 2 aromatic rings. The summed E-state index contributed by atoms with van der Waals surface area (Å²) >= 11 is 0. The van der Waals surface area contributed by atoms with Gasteiger partial charge in [0.15, 0.2) is 0 Å². The molecule has 2 amide bonds. The Labute approximate surface area is 188 Å². The predicted molar refractivity (Wildman–Crippen MR) is 122 cm³/mol. The smallest absolute Gasteiger partial charge is 0.253 e. The zero-order valence-electron chi connectivity index (χ0n) is 18.6. The number of carbonyl (C=O) groups excluding carboxylic acids is 2. The maximum absolute atomic E-state index is 13.4. The van der Waals surface area contributed by atoms with Crippen LogP contribution in [0.15, 0.2) is 42.6 Å². The highest BCUT2D eigenvalue weighted by atomic mass is 19.1. The van der Waals surface area contributed by atoms with Gasteiger partial charge >= 0.3 is 0 Å². The van der Waals surface area contributed by atoms with Crippen LogP contribution in [0.25, 0.3) is 11.3 Å². The lowest BCUT2D eigenvalue weighted by Crippen LogP contribution is -2.51. The highest BCUT2D eigenvalue weighted by Gasteiger charge is 2.32. The molecule has 0 unspecified atom stereocenters. The van der Waals surface area contributed by atoms with E-state index in [2.05, 4.69) is 22.1 Å². The van der Waals surface area contributed by atoms with E-state index < -0.39 is 0 Å². The molecule has 1 N–H and O–H groups in total. The molecule has 2 heterocycles. The summed E-state index contributed by atoms with van der Waals surface area (Å²) in [5, 5.41) is 3.09. The van der Waals surface area contributed by atoms with E-state index in [0.29, 0.717) is 23.2 Å². The van der Waals surface area contributed by atoms with E-state index in [1.807, 2.05) is 4.90 Å². The van der Waals surface area contributed by atoms with Crippen molar-refractivity contribution in [2.45, 2.75) is 38.6 Å².